The zero-order valence-corrected chi connectivity index (χ0v) is 10.1. The Morgan fingerprint density at radius 1 is 1.54 bits per heavy atom. The molecule has 0 bridgehead atoms. The van der Waals surface area contributed by atoms with Crippen LogP contribution >= 0.6 is 34.2 Å². The van der Waals surface area contributed by atoms with Gasteiger partial charge in [0.05, 0.1) is 15.7 Å². The summed E-state index contributed by atoms with van der Waals surface area (Å²) in [7, 11) is 1.54. The Morgan fingerprint density at radius 2 is 2.15 bits per heavy atom. The van der Waals surface area contributed by atoms with Gasteiger partial charge < -0.3 is 4.74 Å². The molecule has 1 aromatic rings. The third-order valence-corrected chi connectivity index (χ3v) is 3.00. The monoisotopic (exact) mass is 310 g/mol. The highest BCUT2D eigenvalue weighted by atomic mass is 127. The summed E-state index contributed by atoms with van der Waals surface area (Å²) in [4.78, 5) is 11.1. The number of methoxy groups -OCH3 is 1. The number of benzene rings is 1. The van der Waals surface area contributed by atoms with Gasteiger partial charge in [0, 0.05) is 5.56 Å². The van der Waals surface area contributed by atoms with Crippen LogP contribution in [0.15, 0.2) is 12.1 Å². The van der Waals surface area contributed by atoms with E-state index in [1.807, 2.05) is 0 Å². The lowest BCUT2D eigenvalue weighted by molar-refractivity contribution is 0.101. The molecule has 0 unspecified atom stereocenters. The molecule has 0 saturated carbocycles. The van der Waals surface area contributed by atoms with Gasteiger partial charge in [-0.3, -0.25) is 4.79 Å². The molecule has 13 heavy (non-hydrogen) atoms. The maximum Gasteiger partial charge on any atom is 0.161 e. The van der Waals surface area contributed by atoms with Crippen LogP contribution in [-0.4, -0.2) is 12.9 Å². The number of Topliss-reactive ketones (excluding diaryl/α,β-unsaturated/α-hetero) is 1. The number of ether oxygens (including phenoxy) is 1. The van der Waals surface area contributed by atoms with Gasteiger partial charge in [0.2, 0.25) is 0 Å². The van der Waals surface area contributed by atoms with E-state index in [2.05, 4.69) is 22.6 Å². The molecular weight excluding hydrogens is 302 g/mol. The number of rotatable bonds is 2. The van der Waals surface area contributed by atoms with Crippen LogP contribution in [0.3, 0.4) is 0 Å². The van der Waals surface area contributed by atoms with Crippen molar-refractivity contribution in [3.05, 3.63) is 26.3 Å². The van der Waals surface area contributed by atoms with Crippen LogP contribution in [-0.2, 0) is 0 Å². The zero-order chi connectivity index (χ0) is 10.0. The van der Waals surface area contributed by atoms with Gasteiger partial charge in [-0.25, -0.2) is 0 Å². The first-order valence-electron chi connectivity index (χ1n) is 3.61. The molecule has 70 valence electrons. The smallest absolute Gasteiger partial charge is 0.161 e. The van der Waals surface area contributed by atoms with Gasteiger partial charge in [-0.05, 0) is 41.6 Å². The van der Waals surface area contributed by atoms with E-state index in [0.717, 1.165) is 3.57 Å². The molecule has 0 heterocycles. The third-order valence-electron chi connectivity index (χ3n) is 1.63. The fourth-order valence-electron chi connectivity index (χ4n) is 0.992. The Bertz CT molecular complexity index is 350. The molecule has 1 rings (SSSR count). The van der Waals surface area contributed by atoms with Crippen molar-refractivity contribution in [2.45, 2.75) is 6.92 Å². The summed E-state index contributed by atoms with van der Waals surface area (Å²) in [5.41, 5.74) is 0.641. The lowest BCUT2D eigenvalue weighted by atomic mass is 10.1. The van der Waals surface area contributed by atoms with E-state index in [-0.39, 0.29) is 5.78 Å². The number of ketones is 1. The van der Waals surface area contributed by atoms with Crippen LogP contribution in [0.5, 0.6) is 5.75 Å². The summed E-state index contributed by atoms with van der Waals surface area (Å²) < 4.78 is 5.84. The summed E-state index contributed by atoms with van der Waals surface area (Å²) in [6, 6.07) is 3.37. The molecule has 4 heteroatoms. The second-order valence-corrected chi connectivity index (χ2v) is 3.98. The van der Waals surface area contributed by atoms with Crippen LogP contribution < -0.4 is 4.74 Å². The third kappa shape index (κ3) is 2.14. The van der Waals surface area contributed by atoms with E-state index in [9.17, 15) is 4.79 Å². The van der Waals surface area contributed by atoms with E-state index < -0.39 is 0 Å². The first kappa shape index (κ1) is 10.8. The van der Waals surface area contributed by atoms with Crippen LogP contribution in [0.4, 0.5) is 0 Å². The van der Waals surface area contributed by atoms with Crippen LogP contribution in [0.25, 0.3) is 0 Å². The highest BCUT2D eigenvalue weighted by Gasteiger charge is 2.12. The molecule has 0 fully saturated rings. The van der Waals surface area contributed by atoms with Crippen molar-refractivity contribution in [2.75, 3.05) is 7.11 Å². The van der Waals surface area contributed by atoms with Gasteiger partial charge in [-0.2, -0.15) is 0 Å². The second-order valence-electron chi connectivity index (χ2n) is 2.50. The van der Waals surface area contributed by atoms with E-state index >= 15 is 0 Å². The van der Waals surface area contributed by atoms with Crippen molar-refractivity contribution in [1.29, 1.82) is 0 Å². The normalized spacial score (nSPS) is 9.85. The lowest BCUT2D eigenvalue weighted by Crippen LogP contribution is -1.99. The quantitative estimate of drug-likeness (QED) is 0.619. The molecule has 0 aliphatic carbocycles. The van der Waals surface area contributed by atoms with Crippen molar-refractivity contribution in [1.82, 2.24) is 0 Å². The Hall–Kier alpha value is -0.290. The Labute approximate surface area is 95.4 Å². The first-order chi connectivity index (χ1) is 6.07. The van der Waals surface area contributed by atoms with Crippen molar-refractivity contribution < 1.29 is 9.53 Å². The number of carbonyl (C=O) groups is 1. The summed E-state index contributed by atoms with van der Waals surface area (Å²) in [6.07, 6.45) is 0. The summed E-state index contributed by atoms with van der Waals surface area (Å²) >= 11 is 7.92. The number of carbonyl (C=O) groups excluding carboxylic acids is 1. The summed E-state index contributed by atoms with van der Waals surface area (Å²) in [6.45, 7) is 1.52. The molecule has 0 atom stereocenters. The van der Waals surface area contributed by atoms with Crippen molar-refractivity contribution in [2.24, 2.45) is 0 Å². The molecule has 1 aromatic carbocycles. The predicted molar refractivity (Wildman–Crippen MR) is 60.7 cm³/mol. The van der Waals surface area contributed by atoms with Gasteiger partial charge in [0.15, 0.2) is 11.5 Å². The van der Waals surface area contributed by atoms with E-state index in [1.54, 1.807) is 12.1 Å². The topological polar surface area (TPSA) is 26.3 Å². The maximum atomic E-state index is 11.1. The highest BCUT2D eigenvalue weighted by Crippen LogP contribution is 2.32. The fourth-order valence-corrected chi connectivity index (χ4v) is 2.46. The van der Waals surface area contributed by atoms with E-state index in [0.29, 0.717) is 16.3 Å². The largest absolute Gasteiger partial charge is 0.494 e. The predicted octanol–water partition coefficient (Wildman–Crippen LogP) is 3.16. The molecule has 0 amide bonds. The molecule has 0 aliphatic rings. The zero-order valence-electron chi connectivity index (χ0n) is 7.23. The van der Waals surface area contributed by atoms with Crippen molar-refractivity contribution in [3.8, 4) is 5.75 Å². The van der Waals surface area contributed by atoms with Gasteiger partial charge in [0.25, 0.3) is 0 Å². The van der Waals surface area contributed by atoms with Crippen molar-refractivity contribution in [3.63, 3.8) is 0 Å². The minimum atomic E-state index is 0.0133. The van der Waals surface area contributed by atoms with Crippen molar-refractivity contribution >= 4 is 40.0 Å². The number of hydrogen-bond acceptors (Lipinski definition) is 2. The fraction of sp³-hybridized carbons (Fsp3) is 0.222. The molecule has 0 N–H and O–H groups in total. The molecule has 0 aliphatic heterocycles. The Kier molecular flexibility index (Phi) is 3.55. The molecule has 2 nitrogen and oxygen atoms in total. The average Bonchev–Trinajstić information content (AvgIpc) is 2.04. The molecular formula is C9H8ClIO2. The van der Waals surface area contributed by atoms with Gasteiger partial charge in [-0.15, -0.1) is 0 Å². The van der Waals surface area contributed by atoms with E-state index in [4.69, 9.17) is 16.3 Å². The van der Waals surface area contributed by atoms with Gasteiger partial charge in [0.1, 0.15) is 0 Å². The second kappa shape index (κ2) is 4.28. The Balaban J connectivity index is 3.35. The van der Waals surface area contributed by atoms with Gasteiger partial charge >= 0.3 is 0 Å². The van der Waals surface area contributed by atoms with Crippen LogP contribution in [0.2, 0.25) is 5.02 Å². The molecule has 0 saturated heterocycles. The molecule has 0 aromatic heterocycles. The average molecular weight is 311 g/mol. The minimum absolute atomic E-state index is 0.0133. The maximum absolute atomic E-state index is 11.1. The first-order valence-corrected chi connectivity index (χ1v) is 5.06. The number of hydrogen-bond donors (Lipinski definition) is 0. The molecule has 0 radical (unpaired) electrons. The summed E-state index contributed by atoms with van der Waals surface area (Å²) in [5, 5.41) is 0.525. The lowest BCUT2D eigenvalue weighted by Gasteiger charge is -2.08. The highest BCUT2D eigenvalue weighted by molar-refractivity contribution is 14.1. The Morgan fingerprint density at radius 3 is 2.62 bits per heavy atom. The minimum Gasteiger partial charge on any atom is -0.494 e. The SMILES string of the molecule is COc1c(Cl)ccc(C(C)=O)c1I. The summed E-state index contributed by atoms with van der Waals surface area (Å²) in [5.74, 6) is 0.578. The molecule has 0 spiro atoms. The van der Waals surface area contributed by atoms with E-state index in [1.165, 1.54) is 14.0 Å². The standard InChI is InChI=1S/C9H8ClIO2/c1-5(12)6-3-4-7(10)9(13-2)8(6)11/h3-4H,1-2H3. The van der Waals surface area contributed by atoms with Gasteiger partial charge in [-0.1, -0.05) is 11.6 Å². The van der Waals surface area contributed by atoms with Crippen LogP contribution in [0.1, 0.15) is 17.3 Å². The van der Waals surface area contributed by atoms with Crippen LogP contribution in [0, 0.1) is 3.57 Å². The number of halogens is 2.